The van der Waals surface area contributed by atoms with Crippen LogP contribution in [0.4, 0.5) is 0 Å². The molecule has 16 heavy (non-hydrogen) atoms. The minimum Gasteiger partial charge on any atom is -0.504 e. The summed E-state index contributed by atoms with van der Waals surface area (Å²) in [6.45, 7) is 1.09. The van der Waals surface area contributed by atoms with E-state index in [2.05, 4.69) is 0 Å². The number of carbonyl (C=O) groups is 1. The summed E-state index contributed by atoms with van der Waals surface area (Å²) in [5.74, 6) is -0.839. The van der Waals surface area contributed by atoms with Gasteiger partial charge in [-0.25, -0.2) is 5.06 Å². The lowest BCUT2D eigenvalue weighted by atomic mass is 10.2. The third kappa shape index (κ3) is 2.09. The molecule has 0 bridgehead atoms. The molecule has 0 atom stereocenters. The highest BCUT2D eigenvalue weighted by Crippen LogP contribution is 2.25. The lowest BCUT2D eigenvalue weighted by Crippen LogP contribution is -2.35. The molecule has 5 nitrogen and oxygen atoms in total. The molecule has 0 unspecified atom stereocenters. The molecule has 1 aliphatic heterocycles. The first-order chi connectivity index (χ1) is 7.68. The largest absolute Gasteiger partial charge is 0.504 e. The van der Waals surface area contributed by atoms with E-state index in [-0.39, 0.29) is 17.4 Å². The van der Waals surface area contributed by atoms with E-state index in [0.717, 1.165) is 12.8 Å². The predicted octanol–water partition coefficient (Wildman–Crippen LogP) is 1.27. The second kappa shape index (κ2) is 4.40. The molecule has 0 aliphatic carbocycles. The van der Waals surface area contributed by atoms with E-state index in [0.29, 0.717) is 18.7 Å². The van der Waals surface area contributed by atoms with E-state index in [4.69, 9.17) is 9.94 Å². The number of hydrogen-bond donors (Lipinski definition) is 2. The number of aromatic hydroxyl groups is 2. The Morgan fingerprint density at radius 2 is 2.06 bits per heavy atom. The molecule has 5 heteroatoms. The normalized spacial score (nSPS) is 16.1. The zero-order valence-electron chi connectivity index (χ0n) is 8.72. The summed E-state index contributed by atoms with van der Waals surface area (Å²) in [6, 6.07) is 3.97. The number of rotatable bonds is 1. The maximum absolute atomic E-state index is 11.9. The van der Waals surface area contributed by atoms with Crippen LogP contribution in [0.3, 0.4) is 0 Å². The Morgan fingerprint density at radius 1 is 1.25 bits per heavy atom. The lowest BCUT2D eigenvalue weighted by Gasteiger charge is -2.25. The molecule has 0 saturated carbocycles. The van der Waals surface area contributed by atoms with Gasteiger partial charge in [-0.1, -0.05) is 0 Å². The topological polar surface area (TPSA) is 70.0 Å². The number of hydroxylamine groups is 2. The van der Waals surface area contributed by atoms with Gasteiger partial charge in [0.15, 0.2) is 11.5 Å². The van der Waals surface area contributed by atoms with Crippen molar-refractivity contribution in [3.63, 3.8) is 0 Å². The van der Waals surface area contributed by atoms with Gasteiger partial charge in [-0.2, -0.15) is 0 Å². The first kappa shape index (κ1) is 10.8. The fourth-order valence-corrected chi connectivity index (χ4v) is 1.56. The second-order valence-electron chi connectivity index (χ2n) is 3.65. The molecule has 1 aromatic rings. The molecule has 0 aromatic heterocycles. The molecule has 1 saturated heterocycles. The van der Waals surface area contributed by atoms with Crippen LogP contribution in [0.2, 0.25) is 0 Å². The molecular weight excluding hydrogens is 210 g/mol. The number of hydrogen-bond acceptors (Lipinski definition) is 4. The van der Waals surface area contributed by atoms with Gasteiger partial charge in [0, 0.05) is 12.1 Å². The quantitative estimate of drug-likeness (QED) is 0.703. The summed E-state index contributed by atoms with van der Waals surface area (Å²) in [7, 11) is 0. The highest BCUT2D eigenvalue weighted by molar-refractivity contribution is 5.94. The molecule has 1 aliphatic rings. The van der Waals surface area contributed by atoms with E-state index in [9.17, 15) is 9.90 Å². The Hall–Kier alpha value is -1.75. The van der Waals surface area contributed by atoms with Crippen molar-refractivity contribution in [1.29, 1.82) is 0 Å². The number of nitrogens with zero attached hydrogens (tertiary/aromatic N) is 1. The molecule has 1 aromatic carbocycles. The van der Waals surface area contributed by atoms with Crippen LogP contribution in [0.5, 0.6) is 11.5 Å². The van der Waals surface area contributed by atoms with Gasteiger partial charge >= 0.3 is 0 Å². The van der Waals surface area contributed by atoms with Gasteiger partial charge in [0.2, 0.25) is 0 Å². The Kier molecular flexibility index (Phi) is 2.96. The van der Waals surface area contributed by atoms with Crippen molar-refractivity contribution in [2.24, 2.45) is 0 Å². The minimum absolute atomic E-state index is 0.240. The zero-order chi connectivity index (χ0) is 11.5. The third-order valence-electron chi connectivity index (χ3n) is 2.45. The van der Waals surface area contributed by atoms with Crippen LogP contribution in [0.25, 0.3) is 0 Å². The number of carbonyl (C=O) groups excluding carboxylic acids is 1. The summed E-state index contributed by atoms with van der Waals surface area (Å²) >= 11 is 0. The molecule has 2 rings (SSSR count). The smallest absolute Gasteiger partial charge is 0.277 e. The highest BCUT2D eigenvalue weighted by Gasteiger charge is 2.20. The van der Waals surface area contributed by atoms with Crippen LogP contribution in [-0.4, -0.2) is 34.3 Å². The molecule has 2 N–H and O–H groups in total. The van der Waals surface area contributed by atoms with Crippen molar-refractivity contribution in [2.75, 3.05) is 13.2 Å². The third-order valence-corrected chi connectivity index (χ3v) is 2.45. The van der Waals surface area contributed by atoms with Crippen LogP contribution in [0.15, 0.2) is 18.2 Å². The standard InChI is InChI=1S/C11H13NO4/c13-9-4-3-8(7-10(9)14)11(15)12-5-1-2-6-16-12/h3-4,7,13-14H,1-2,5-6H2. The van der Waals surface area contributed by atoms with Crippen molar-refractivity contribution in [2.45, 2.75) is 12.8 Å². The fourth-order valence-electron chi connectivity index (χ4n) is 1.56. The van der Waals surface area contributed by atoms with E-state index in [1.54, 1.807) is 0 Å². The van der Waals surface area contributed by atoms with Gasteiger partial charge in [-0.3, -0.25) is 9.63 Å². The molecule has 0 radical (unpaired) electrons. The first-order valence-electron chi connectivity index (χ1n) is 5.15. The average molecular weight is 223 g/mol. The van der Waals surface area contributed by atoms with E-state index in [1.807, 2.05) is 0 Å². The predicted molar refractivity (Wildman–Crippen MR) is 56.0 cm³/mol. The molecule has 0 spiro atoms. The van der Waals surface area contributed by atoms with Gasteiger partial charge in [0.1, 0.15) is 0 Å². The number of benzene rings is 1. The second-order valence-corrected chi connectivity index (χ2v) is 3.65. The first-order valence-corrected chi connectivity index (χ1v) is 5.15. The van der Waals surface area contributed by atoms with Crippen LogP contribution in [0.1, 0.15) is 23.2 Å². The van der Waals surface area contributed by atoms with Crippen LogP contribution in [0, 0.1) is 0 Å². The molecule has 1 amide bonds. The Bertz CT molecular complexity index is 399. The number of amides is 1. The maximum atomic E-state index is 11.9. The minimum atomic E-state index is -0.303. The average Bonchev–Trinajstić information content (AvgIpc) is 2.33. The number of phenolic OH excluding ortho intramolecular Hbond substituents is 2. The Labute approximate surface area is 92.8 Å². The van der Waals surface area contributed by atoms with Crippen molar-refractivity contribution >= 4 is 5.91 Å². The molecular formula is C11H13NO4. The maximum Gasteiger partial charge on any atom is 0.277 e. The Balaban J connectivity index is 2.16. The van der Waals surface area contributed by atoms with Crippen molar-refractivity contribution in [3.8, 4) is 11.5 Å². The van der Waals surface area contributed by atoms with Crippen LogP contribution in [-0.2, 0) is 4.84 Å². The monoisotopic (exact) mass is 223 g/mol. The summed E-state index contributed by atoms with van der Waals surface area (Å²) in [5, 5.41) is 19.7. The van der Waals surface area contributed by atoms with Gasteiger partial charge < -0.3 is 10.2 Å². The fraction of sp³-hybridized carbons (Fsp3) is 0.364. The van der Waals surface area contributed by atoms with Gasteiger partial charge in [-0.05, 0) is 31.0 Å². The van der Waals surface area contributed by atoms with Gasteiger partial charge in [0.25, 0.3) is 5.91 Å². The van der Waals surface area contributed by atoms with E-state index in [1.165, 1.54) is 23.3 Å². The molecule has 86 valence electrons. The van der Waals surface area contributed by atoms with Crippen molar-refractivity contribution < 1.29 is 19.8 Å². The van der Waals surface area contributed by atoms with Crippen LogP contribution < -0.4 is 0 Å². The van der Waals surface area contributed by atoms with Crippen molar-refractivity contribution in [3.05, 3.63) is 23.8 Å². The lowest BCUT2D eigenvalue weighted by molar-refractivity contribution is -0.144. The van der Waals surface area contributed by atoms with Gasteiger partial charge in [-0.15, -0.1) is 0 Å². The summed E-state index contributed by atoms with van der Waals surface area (Å²) in [4.78, 5) is 17.1. The summed E-state index contributed by atoms with van der Waals surface area (Å²) < 4.78 is 0. The summed E-state index contributed by atoms with van der Waals surface area (Å²) in [6.07, 6.45) is 1.86. The SMILES string of the molecule is O=C(c1ccc(O)c(O)c1)N1CCCCO1. The zero-order valence-corrected chi connectivity index (χ0v) is 8.72. The molecule has 1 fully saturated rings. The van der Waals surface area contributed by atoms with Crippen molar-refractivity contribution in [1.82, 2.24) is 5.06 Å². The molecule has 1 heterocycles. The Morgan fingerprint density at radius 3 is 2.69 bits per heavy atom. The highest BCUT2D eigenvalue weighted by atomic mass is 16.7. The van der Waals surface area contributed by atoms with E-state index < -0.39 is 0 Å². The van der Waals surface area contributed by atoms with Crippen LogP contribution >= 0.6 is 0 Å². The number of phenols is 2. The van der Waals surface area contributed by atoms with E-state index >= 15 is 0 Å². The summed E-state index contributed by atoms with van der Waals surface area (Å²) in [5.41, 5.74) is 0.303. The van der Waals surface area contributed by atoms with Gasteiger partial charge in [0.05, 0.1) is 6.61 Å².